The Hall–Kier alpha value is -6.91. The van der Waals surface area contributed by atoms with Gasteiger partial charge >= 0.3 is 0 Å². The molecule has 0 aliphatic carbocycles. The predicted molar refractivity (Wildman–Crippen MR) is 197 cm³/mol. The molecule has 0 aliphatic heterocycles. The van der Waals surface area contributed by atoms with Crippen LogP contribution in [0.5, 0.6) is 0 Å². The van der Waals surface area contributed by atoms with Gasteiger partial charge in [-0.1, -0.05) is 54.1 Å². The van der Waals surface area contributed by atoms with E-state index >= 15 is 35.1 Å². The highest BCUT2D eigenvalue weighted by molar-refractivity contribution is 7.20. The molecule has 0 atom stereocenters. The van der Waals surface area contributed by atoms with E-state index in [4.69, 9.17) is 11.6 Å². The standard InChI is InChI=1S/C24BF20.C19H15ClNO/c26-5-1(6(27)14(35)21(42)13(5)34)25(2-7(28)15(36)22(43)16(37)8(2)29,3-9(30)17(38)23(44)18(39)10(3)31)4-11(32)19(40)24(45)20(41)12(4)33;20-18-8-4-7-17(13-18)15-9-11-21(12-10-15)14-19(22)16-5-2-1-3-6-16/h;1-13H,14H2/q-1;+1. The van der Waals surface area contributed by atoms with E-state index in [-0.39, 0.29) is 5.78 Å². The molecule has 0 unspecified atom stereocenters. The molecule has 7 aromatic rings. The van der Waals surface area contributed by atoms with Crippen molar-refractivity contribution in [1.29, 1.82) is 0 Å². The molecular weight excluding hydrogens is 973 g/mol. The average molecular weight is 988 g/mol. The maximum atomic E-state index is 15.4. The van der Waals surface area contributed by atoms with Crippen LogP contribution in [-0.2, 0) is 6.54 Å². The van der Waals surface area contributed by atoms with Gasteiger partial charge in [-0.05, 0) is 23.3 Å². The molecular formula is C43H15BClF20NO. The number of aromatic nitrogens is 1. The van der Waals surface area contributed by atoms with Crippen molar-refractivity contribution in [2.75, 3.05) is 0 Å². The second-order valence-electron chi connectivity index (χ2n) is 13.9. The van der Waals surface area contributed by atoms with Gasteiger partial charge in [-0.3, -0.25) is 4.79 Å². The molecule has 1 heterocycles. The van der Waals surface area contributed by atoms with Crippen LogP contribution in [0.2, 0.25) is 5.02 Å². The number of Topliss-reactive ketones (excluding diaryl/α,β-unsaturated/α-hetero) is 1. The van der Waals surface area contributed by atoms with E-state index in [0.717, 1.165) is 16.7 Å². The SMILES string of the molecule is Fc1c(F)c(F)c([B-](c2c(F)c(F)c(F)c(F)c2F)(c2c(F)c(F)c(F)c(F)c2F)c2c(F)c(F)c(F)c(F)c2F)c(F)c1F.O=C(C[n+]1ccc(-c2cccc(Cl)c2)cc1)c1ccccc1. The van der Waals surface area contributed by atoms with E-state index in [1.54, 1.807) is 0 Å². The van der Waals surface area contributed by atoms with Crippen molar-refractivity contribution in [2.24, 2.45) is 0 Å². The Kier molecular flexibility index (Phi) is 13.9. The van der Waals surface area contributed by atoms with Crippen molar-refractivity contribution in [3.63, 3.8) is 0 Å². The van der Waals surface area contributed by atoms with Gasteiger partial charge in [0, 0.05) is 22.7 Å². The molecule has 0 N–H and O–H groups in total. The largest absolute Gasteiger partial charge is 0.287 e. The van der Waals surface area contributed by atoms with E-state index < -0.39 is 144 Å². The highest BCUT2D eigenvalue weighted by atomic mass is 35.5. The second-order valence-corrected chi connectivity index (χ2v) is 14.3. The summed E-state index contributed by atoms with van der Waals surface area (Å²) in [4.78, 5) is 12.2. The van der Waals surface area contributed by atoms with Crippen LogP contribution in [0.3, 0.4) is 0 Å². The molecule has 0 saturated heterocycles. The quantitative estimate of drug-likeness (QED) is 0.0371. The zero-order valence-corrected chi connectivity index (χ0v) is 32.8. The lowest BCUT2D eigenvalue weighted by Crippen LogP contribution is -2.81. The normalized spacial score (nSPS) is 11.5. The highest BCUT2D eigenvalue weighted by Gasteiger charge is 2.52. The van der Waals surface area contributed by atoms with Crippen LogP contribution < -0.4 is 26.4 Å². The average Bonchev–Trinajstić information content (AvgIpc) is 3.32. The number of pyridine rings is 1. The molecule has 0 saturated carbocycles. The molecule has 2 nitrogen and oxygen atoms in total. The van der Waals surface area contributed by atoms with Gasteiger partial charge in [0.2, 0.25) is 12.3 Å². The Morgan fingerprint density at radius 3 is 0.970 bits per heavy atom. The van der Waals surface area contributed by atoms with Crippen LogP contribution in [0.15, 0.2) is 79.1 Å². The number of ketones is 1. The minimum absolute atomic E-state index is 0.0982. The summed E-state index contributed by atoms with van der Waals surface area (Å²) in [5, 5.41) is 0.716. The van der Waals surface area contributed by atoms with Crippen LogP contribution >= 0.6 is 11.6 Å². The molecule has 67 heavy (non-hydrogen) atoms. The molecule has 0 amide bonds. The fourth-order valence-corrected chi connectivity index (χ4v) is 7.37. The first-order chi connectivity index (χ1) is 31.4. The third kappa shape index (κ3) is 8.22. The first-order valence-electron chi connectivity index (χ1n) is 18.0. The summed E-state index contributed by atoms with van der Waals surface area (Å²) in [5.74, 6) is -71.3. The van der Waals surface area contributed by atoms with Gasteiger partial charge < -0.3 is 0 Å². The van der Waals surface area contributed by atoms with E-state index in [9.17, 15) is 57.5 Å². The molecule has 7 rings (SSSR count). The monoisotopic (exact) mass is 987 g/mol. The van der Waals surface area contributed by atoms with Crippen LogP contribution in [0.25, 0.3) is 11.1 Å². The zero-order valence-electron chi connectivity index (χ0n) is 32.1. The Balaban J connectivity index is 0.000000279. The van der Waals surface area contributed by atoms with Gasteiger partial charge in [-0.25, -0.2) is 87.8 Å². The van der Waals surface area contributed by atoms with Gasteiger partial charge in [0.1, 0.15) is 52.7 Å². The third-order valence-corrected chi connectivity index (χ3v) is 10.4. The lowest BCUT2D eigenvalue weighted by Gasteiger charge is -2.44. The van der Waals surface area contributed by atoms with Crippen molar-refractivity contribution >= 4 is 45.4 Å². The lowest BCUT2D eigenvalue weighted by atomic mass is 9.12. The molecule has 0 fully saturated rings. The smallest absolute Gasteiger partial charge is 0.227 e. The summed E-state index contributed by atoms with van der Waals surface area (Å²) < 4.78 is 296. The number of rotatable bonds is 8. The number of carbonyl (C=O) groups excluding carboxylic acids is 1. The molecule has 0 aliphatic rings. The van der Waals surface area contributed by atoms with Gasteiger partial charge in [0.25, 0.3) is 0 Å². The summed E-state index contributed by atoms with van der Waals surface area (Å²) in [6, 6.07) is 21.0. The minimum atomic E-state index is -7.22. The van der Waals surface area contributed by atoms with Crippen molar-refractivity contribution < 1.29 is 97.2 Å². The van der Waals surface area contributed by atoms with Crippen molar-refractivity contribution in [1.82, 2.24) is 0 Å². The first kappa shape index (κ1) is 49.5. The summed E-state index contributed by atoms with van der Waals surface area (Å²) in [5.41, 5.74) is -11.5. The number of hydrogen-bond donors (Lipinski definition) is 0. The lowest BCUT2D eigenvalue weighted by molar-refractivity contribution is -0.683. The van der Waals surface area contributed by atoms with E-state index in [0.29, 0.717) is 11.6 Å². The van der Waals surface area contributed by atoms with Gasteiger partial charge in [-0.2, -0.15) is 4.57 Å². The van der Waals surface area contributed by atoms with Crippen LogP contribution in [0.1, 0.15) is 10.4 Å². The summed E-state index contributed by atoms with van der Waals surface area (Å²) in [6.07, 6.45) is -3.39. The number of carbonyl (C=O) groups is 1. The van der Waals surface area contributed by atoms with Crippen molar-refractivity contribution in [3.05, 3.63) is 206 Å². The zero-order chi connectivity index (χ0) is 49.7. The summed E-state index contributed by atoms with van der Waals surface area (Å²) in [6.45, 7) is 0.333. The molecule has 24 heteroatoms. The summed E-state index contributed by atoms with van der Waals surface area (Å²) in [7, 11) is 0. The molecule has 6 aromatic carbocycles. The topological polar surface area (TPSA) is 20.9 Å². The number of benzene rings is 6. The van der Waals surface area contributed by atoms with Crippen LogP contribution in [0.4, 0.5) is 87.8 Å². The highest BCUT2D eigenvalue weighted by Crippen LogP contribution is 2.31. The molecule has 348 valence electrons. The Bertz CT molecular complexity index is 2750. The fourth-order valence-electron chi connectivity index (χ4n) is 7.18. The Morgan fingerprint density at radius 2 is 0.672 bits per heavy atom. The van der Waals surface area contributed by atoms with Gasteiger partial charge in [-0.15, -0.1) is 21.9 Å². The minimum Gasteiger partial charge on any atom is -0.287 e. The molecule has 1 aromatic heterocycles. The maximum absolute atomic E-state index is 15.4. The molecule has 0 bridgehead atoms. The van der Waals surface area contributed by atoms with Crippen LogP contribution in [0, 0.1) is 116 Å². The Morgan fingerprint density at radius 1 is 0.373 bits per heavy atom. The predicted octanol–water partition coefficient (Wildman–Crippen LogP) is 10.0. The second kappa shape index (κ2) is 18.8. The summed E-state index contributed by atoms with van der Waals surface area (Å²) >= 11 is 6.01. The van der Waals surface area contributed by atoms with Gasteiger partial charge in [0.15, 0.2) is 82.2 Å². The Labute approximate surface area is 365 Å². The maximum Gasteiger partial charge on any atom is 0.227 e. The van der Waals surface area contributed by atoms with Crippen molar-refractivity contribution in [2.45, 2.75) is 6.54 Å². The van der Waals surface area contributed by atoms with E-state index in [2.05, 4.69) is 0 Å². The third-order valence-electron chi connectivity index (χ3n) is 10.2. The van der Waals surface area contributed by atoms with Crippen molar-refractivity contribution in [3.8, 4) is 11.1 Å². The molecule has 0 radical (unpaired) electrons. The van der Waals surface area contributed by atoms with E-state index in [1.165, 1.54) is 0 Å². The number of hydrogen-bond acceptors (Lipinski definition) is 1. The van der Waals surface area contributed by atoms with Gasteiger partial charge in [0.05, 0.1) is 0 Å². The number of halogens is 21. The van der Waals surface area contributed by atoms with E-state index in [1.807, 2.05) is 83.7 Å². The molecule has 0 spiro atoms. The first-order valence-corrected chi connectivity index (χ1v) is 18.4. The van der Waals surface area contributed by atoms with Crippen LogP contribution in [-0.4, -0.2) is 11.9 Å². The fraction of sp³-hybridized carbons (Fsp3) is 0.0233. The number of nitrogens with zero attached hydrogens (tertiary/aromatic N) is 1.